The third-order valence-corrected chi connectivity index (χ3v) is 4.51. The molecule has 25 heavy (non-hydrogen) atoms. The molecule has 0 saturated carbocycles. The van der Waals surface area contributed by atoms with E-state index in [4.69, 9.17) is 11.6 Å². The molecule has 2 aromatic rings. The number of nitrogens with zero attached hydrogens (tertiary/aromatic N) is 2. The molecule has 0 spiro atoms. The molecule has 0 N–H and O–H groups in total. The van der Waals surface area contributed by atoms with Crippen LogP contribution < -0.4 is 0 Å². The first-order chi connectivity index (χ1) is 12.0. The second kappa shape index (κ2) is 7.66. The minimum Gasteiger partial charge on any atom is -0.339 e. The largest absolute Gasteiger partial charge is 0.339 e. The maximum absolute atomic E-state index is 13.3. The molecule has 2 amide bonds. The fourth-order valence-corrected chi connectivity index (χ4v) is 2.98. The highest BCUT2D eigenvalue weighted by molar-refractivity contribution is 6.30. The summed E-state index contributed by atoms with van der Waals surface area (Å²) in [6, 6.07) is 12.9. The maximum atomic E-state index is 13.3. The number of hydrogen-bond acceptors (Lipinski definition) is 2. The molecule has 130 valence electrons. The van der Waals surface area contributed by atoms with E-state index in [2.05, 4.69) is 0 Å². The summed E-state index contributed by atoms with van der Waals surface area (Å²) in [7, 11) is 0. The second-order valence-electron chi connectivity index (χ2n) is 5.99. The quantitative estimate of drug-likeness (QED) is 0.844. The monoisotopic (exact) mass is 360 g/mol. The first kappa shape index (κ1) is 17.4. The van der Waals surface area contributed by atoms with Gasteiger partial charge in [-0.15, -0.1) is 0 Å². The van der Waals surface area contributed by atoms with E-state index in [1.807, 2.05) is 12.1 Å². The van der Waals surface area contributed by atoms with Crippen LogP contribution in [0.25, 0.3) is 0 Å². The van der Waals surface area contributed by atoms with E-state index in [1.54, 1.807) is 28.0 Å². The molecule has 1 saturated heterocycles. The molecule has 0 unspecified atom stereocenters. The first-order valence-corrected chi connectivity index (χ1v) is 8.48. The third-order valence-electron chi connectivity index (χ3n) is 4.26. The van der Waals surface area contributed by atoms with Crippen molar-refractivity contribution in [3.8, 4) is 0 Å². The Hall–Kier alpha value is -2.40. The van der Waals surface area contributed by atoms with Crippen molar-refractivity contribution in [1.82, 2.24) is 9.80 Å². The summed E-state index contributed by atoms with van der Waals surface area (Å²) in [6.45, 7) is 1.85. The topological polar surface area (TPSA) is 40.6 Å². The van der Waals surface area contributed by atoms with E-state index >= 15 is 0 Å². The number of carbonyl (C=O) groups is 2. The summed E-state index contributed by atoms with van der Waals surface area (Å²) < 4.78 is 13.3. The van der Waals surface area contributed by atoms with Crippen LogP contribution in [-0.2, 0) is 11.2 Å². The van der Waals surface area contributed by atoms with Crippen LogP contribution in [-0.4, -0.2) is 47.8 Å². The van der Waals surface area contributed by atoms with Crippen LogP contribution in [0.4, 0.5) is 4.39 Å². The lowest BCUT2D eigenvalue weighted by Gasteiger charge is -2.35. The van der Waals surface area contributed by atoms with E-state index in [0.29, 0.717) is 43.2 Å². The van der Waals surface area contributed by atoms with Crippen LogP contribution in [0.1, 0.15) is 15.9 Å². The molecule has 1 aliphatic rings. The van der Waals surface area contributed by atoms with E-state index in [0.717, 1.165) is 5.56 Å². The number of carbonyl (C=O) groups excluding carboxylic acids is 2. The molecule has 0 bridgehead atoms. The lowest BCUT2D eigenvalue weighted by Crippen LogP contribution is -2.51. The van der Waals surface area contributed by atoms with Gasteiger partial charge in [-0.05, 0) is 35.9 Å². The van der Waals surface area contributed by atoms with Gasteiger partial charge in [-0.1, -0.05) is 29.8 Å². The van der Waals surface area contributed by atoms with Gasteiger partial charge in [0.2, 0.25) is 5.91 Å². The Morgan fingerprint density at radius 2 is 1.60 bits per heavy atom. The highest BCUT2D eigenvalue weighted by Gasteiger charge is 2.25. The number of halogens is 2. The number of amides is 2. The van der Waals surface area contributed by atoms with E-state index in [-0.39, 0.29) is 11.8 Å². The average Bonchev–Trinajstić information content (AvgIpc) is 2.63. The van der Waals surface area contributed by atoms with Crippen molar-refractivity contribution in [3.63, 3.8) is 0 Å². The fourth-order valence-electron chi connectivity index (χ4n) is 2.85. The predicted octanol–water partition coefficient (Wildman–Crippen LogP) is 3.01. The highest BCUT2D eigenvalue weighted by atomic mass is 35.5. The summed E-state index contributed by atoms with van der Waals surface area (Å²) in [5.74, 6) is -0.605. The van der Waals surface area contributed by atoms with Crippen LogP contribution in [0.5, 0.6) is 0 Å². The van der Waals surface area contributed by atoms with Crippen molar-refractivity contribution >= 4 is 23.4 Å². The lowest BCUT2D eigenvalue weighted by atomic mass is 10.1. The predicted molar refractivity (Wildman–Crippen MR) is 94.0 cm³/mol. The fraction of sp³-hybridized carbons (Fsp3) is 0.263. The van der Waals surface area contributed by atoms with Crippen LogP contribution in [0.3, 0.4) is 0 Å². The minimum atomic E-state index is -0.428. The molecule has 6 heteroatoms. The number of rotatable bonds is 3. The molecule has 1 aliphatic heterocycles. The van der Waals surface area contributed by atoms with Gasteiger partial charge in [0.1, 0.15) is 5.82 Å². The van der Waals surface area contributed by atoms with Crippen LogP contribution in [0, 0.1) is 5.82 Å². The van der Waals surface area contributed by atoms with Crippen LogP contribution in [0.2, 0.25) is 5.02 Å². The van der Waals surface area contributed by atoms with Crippen molar-refractivity contribution in [2.24, 2.45) is 0 Å². The van der Waals surface area contributed by atoms with Crippen molar-refractivity contribution in [2.45, 2.75) is 6.42 Å². The average molecular weight is 361 g/mol. The van der Waals surface area contributed by atoms with Gasteiger partial charge in [-0.25, -0.2) is 4.39 Å². The third kappa shape index (κ3) is 4.37. The zero-order valence-electron chi connectivity index (χ0n) is 13.6. The summed E-state index contributed by atoms with van der Waals surface area (Å²) in [5, 5.41) is 0.640. The molecule has 4 nitrogen and oxygen atoms in total. The zero-order chi connectivity index (χ0) is 17.8. The summed E-state index contributed by atoms with van der Waals surface area (Å²) >= 11 is 5.85. The van der Waals surface area contributed by atoms with Gasteiger partial charge in [-0.2, -0.15) is 0 Å². The Kier molecular flexibility index (Phi) is 5.34. The minimum absolute atomic E-state index is 0.0279. The Morgan fingerprint density at radius 3 is 2.24 bits per heavy atom. The van der Waals surface area contributed by atoms with Gasteiger partial charge < -0.3 is 9.80 Å². The van der Waals surface area contributed by atoms with Gasteiger partial charge in [0, 0.05) is 36.8 Å². The number of benzene rings is 2. The lowest BCUT2D eigenvalue weighted by molar-refractivity contribution is -0.131. The van der Waals surface area contributed by atoms with E-state index in [1.165, 1.54) is 18.2 Å². The summed E-state index contributed by atoms with van der Waals surface area (Å²) in [4.78, 5) is 28.2. The Bertz CT molecular complexity index is 771. The molecule has 0 radical (unpaired) electrons. The smallest absolute Gasteiger partial charge is 0.254 e. The Balaban J connectivity index is 1.55. The van der Waals surface area contributed by atoms with Gasteiger partial charge in [0.25, 0.3) is 5.91 Å². The standard InChI is InChI=1S/C19H18ClFN2O2/c20-16-6-4-14(5-7-16)12-18(24)22-8-10-23(11-9-22)19(25)15-2-1-3-17(21)13-15/h1-7,13H,8-12H2. The molecule has 0 aromatic heterocycles. The SMILES string of the molecule is O=C(Cc1ccc(Cl)cc1)N1CCN(C(=O)c2cccc(F)c2)CC1. The zero-order valence-corrected chi connectivity index (χ0v) is 14.4. The summed E-state index contributed by atoms with van der Waals surface area (Å²) in [5.41, 5.74) is 1.24. The van der Waals surface area contributed by atoms with Crippen molar-refractivity contribution in [1.29, 1.82) is 0 Å². The molecular weight excluding hydrogens is 343 g/mol. The van der Waals surface area contributed by atoms with E-state index < -0.39 is 5.82 Å². The molecule has 0 atom stereocenters. The molecule has 2 aromatic carbocycles. The maximum Gasteiger partial charge on any atom is 0.254 e. The second-order valence-corrected chi connectivity index (χ2v) is 6.42. The highest BCUT2D eigenvalue weighted by Crippen LogP contribution is 2.13. The van der Waals surface area contributed by atoms with Gasteiger partial charge >= 0.3 is 0 Å². The first-order valence-electron chi connectivity index (χ1n) is 8.10. The van der Waals surface area contributed by atoms with Crippen molar-refractivity contribution in [2.75, 3.05) is 26.2 Å². The van der Waals surface area contributed by atoms with Gasteiger partial charge in [0.05, 0.1) is 6.42 Å². The normalized spacial score (nSPS) is 14.5. The number of piperazine rings is 1. The molecule has 3 rings (SSSR count). The molecule has 1 heterocycles. The van der Waals surface area contributed by atoms with Crippen molar-refractivity contribution < 1.29 is 14.0 Å². The summed E-state index contributed by atoms with van der Waals surface area (Å²) in [6.07, 6.45) is 0.314. The van der Waals surface area contributed by atoms with Gasteiger partial charge in [0.15, 0.2) is 0 Å². The van der Waals surface area contributed by atoms with Gasteiger partial charge in [-0.3, -0.25) is 9.59 Å². The molecular formula is C19H18ClFN2O2. The van der Waals surface area contributed by atoms with Crippen LogP contribution >= 0.6 is 11.6 Å². The molecule has 0 aliphatic carbocycles. The van der Waals surface area contributed by atoms with E-state index in [9.17, 15) is 14.0 Å². The number of hydrogen-bond donors (Lipinski definition) is 0. The Labute approximate surface area is 150 Å². The van der Waals surface area contributed by atoms with Crippen molar-refractivity contribution in [3.05, 3.63) is 70.5 Å². The Morgan fingerprint density at radius 1 is 0.960 bits per heavy atom. The van der Waals surface area contributed by atoms with Crippen LogP contribution in [0.15, 0.2) is 48.5 Å². The molecule has 1 fully saturated rings.